The zero-order valence-corrected chi connectivity index (χ0v) is 26.0. The lowest BCUT2D eigenvalue weighted by molar-refractivity contribution is -0.113. The third-order valence-electron chi connectivity index (χ3n) is 7.85. The van der Waals surface area contributed by atoms with Crippen molar-refractivity contribution in [1.82, 2.24) is 4.90 Å². The van der Waals surface area contributed by atoms with E-state index in [9.17, 15) is 9.59 Å². The third kappa shape index (κ3) is 7.31. The van der Waals surface area contributed by atoms with Crippen LogP contribution in [0.2, 0.25) is 0 Å². The molecule has 0 aromatic heterocycles. The fourth-order valence-corrected chi connectivity index (χ4v) is 6.63. The number of para-hydroxylation sites is 2. The maximum absolute atomic E-state index is 13.9. The van der Waals surface area contributed by atoms with Crippen LogP contribution in [0.4, 0.5) is 11.4 Å². The number of fused-ring (bicyclic) bond motifs is 1. The molecule has 224 valence electrons. The number of thioether (sulfide) groups is 1. The Bertz CT molecular complexity index is 1520. The van der Waals surface area contributed by atoms with Crippen LogP contribution in [-0.2, 0) is 11.2 Å². The number of aliphatic imine (C=N–C) groups is 1. The molecule has 1 unspecified atom stereocenters. The van der Waals surface area contributed by atoms with Crippen LogP contribution in [0.3, 0.4) is 0 Å². The fraction of sp³-hybridized carbons (Fsp3) is 0.343. The van der Waals surface area contributed by atoms with Gasteiger partial charge in [0.1, 0.15) is 5.75 Å². The number of unbranched alkanes of at least 4 members (excludes halogenated alkanes) is 3. The number of methoxy groups -OCH3 is 1. The van der Waals surface area contributed by atoms with Gasteiger partial charge in [-0.3, -0.25) is 9.59 Å². The van der Waals surface area contributed by atoms with Crippen molar-refractivity contribution in [2.75, 3.05) is 30.0 Å². The molecule has 43 heavy (non-hydrogen) atoms. The van der Waals surface area contributed by atoms with E-state index in [2.05, 4.69) is 22.5 Å². The van der Waals surface area contributed by atoms with Gasteiger partial charge in [0.25, 0.3) is 11.8 Å². The second-order valence-electron chi connectivity index (χ2n) is 10.9. The number of ether oxygens (including phenoxy) is 1. The number of amides is 2. The fourth-order valence-electron chi connectivity index (χ4n) is 5.61. The Hall–Kier alpha value is -4.04. The van der Waals surface area contributed by atoms with Crippen LogP contribution in [0.5, 0.6) is 5.75 Å². The van der Waals surface area contributed by atoms with Gasteiger partial charge >= 0.3 is 0 Å². The van der Waals surface area contributed by atoms with Crippen molar-refractivity contribution in [2.45, 2.75) is 58.4 Å². The van der Waals surface area contributed by atoms with Crippen LogP contribution in [0, 0.1) is 0 Å². The first-order valence-electron chi connectivity index (χ1n) is 15.1. The Morgan fingerprint density at radius 1 is 0.977 bits per heavy atom. The normalized spacial score (nSPS) is 16.3. The SMILES string of the molecule is CCCCCCc1ccc(C(=O)Nc2cccc(C3C(C(=O)Nc4ccccc4OC)=C(C)N=C4SCCCN43)c2)cc1. The molecule has 2 N–H and O–H groups in total. The van der Waals surface area contributed by atoms with E-state index in [0.717, 1.165) is 35.9 Å². The monoisotopic (exact) mass is 596 g/mol. The van der Waals surface area contributed by atoms with Crippen LogP contribution < -0.4 is 15.4 Å². The smallest absolute Gasteiger partial charge is 0.255 e. The summed E-state index contributed by atoms with van der Waals surface area (Å²) in [5.41, 5.74) is 5.34. The standard InChI is InChI=1S/C35H40N4O3S/c1-4-5-6-7-12-25-17-19-26(20-18-25)33(40)37-28-14-10-13-27(23-28)32-31(24(2)36-35-39(32)21-11-22-43-35)34(41)38-29-15-8-9-16-30(29)42-3/h8-10,13-20,23,32H,4-7,11-12,21-22H2,1-3H3,(H,37,40)(H,38,41). The molecule has 0 saturated carbocycles. The largest absolute Gasteiger partial charge is 0.495 e. The van der Waals surface area contributed by atoms with Gasteiger partial charge in [0, 0.05) is 23.5 Å². The average Bonchev–Trinajstić information content (AvgIpc) is 3.03. The molecule has 1 atom stereocenters. The lowest BCUT2D eigenvalue weighted by atomic mass is 9.93. The Morgan fingerprint density at radius 2 is 1.79 bits per heavy atom. The Kier molecular flexibility index (Phi) is 10.2. The van der Waals surface area contributed by atoms with Crippen LogP contribution in [0.15, 0.2) is 89.1 Å². The van der Waals surface area contributed by atoms with Gasteiger partial charge < -0.3 is 20.3 Å². The third-order valence-corrected chi connectivity index (χ3v) is 8.93. The van der Waals surface area contributed by atoms with E-state index in [4.69, 9.17) is 9.73 Å². The Labute approximate surface area is 258 Å². The summed E-state index contributed by atoms with van der Waals surface area (Å²) in [4.78, 5) is 34.1. The van der Waals surface area contributed by atoms with E-state index in [1.807, 2.05) is 79.7 Å². The molecule has 3 aromatic rings. The predicted octanol–water partition coefficient (Wildman–Crippen LogP) is 7.83. The second kappa shape index (κ2) is 14.4. The number of aryl methyl sites for hydroxylation is 1. The maximum Gasteiger partial charge on any atom is 0.255 e. The summed E-state index contributed by atoms with van der Waals surface area (Å²) in [5, 5.41) is 7.05. The second-order valence-corrected chi connectivity index (χ2v) is 12.0. The number of rotatable bonds is 11. The van der Waals surface area contributed by atoms with Crippen molar-refractivity contribution in [1.29, 1.82) is 0 Å². The molecule has 7 nitrogen and oxygen atoms in total. The molecule has 8 heteroatoms. The summed E-state index contributed by atoms with van der Waals surface area (Å²) in [7, 11) is 1.59. The first kappa shape index (κ1) is 30.4. The molecule has 0 spiro atoms. The zero-order valence-electron chi connectivity index (χ0n) is 25.2. The van der Waals surface area contributed by atoms with Crippen molar-refractivity contribution in [2.24, 2.45) is 4.99 Å². The van der Waals surface area contributed by atoms with Gasteiger partial charge in [0.2, 0.25) is 0 Å². The maximum atomic E-state index is 13.9. The summed E-state index contributed by atoms with van der Waals surface area (Å²) >= 11 is 1.71. The van der Waals surface area contributed by atoms with Gasteiger partial charge in [-0.05, 0) is 73.7 Å². The van der Waals surface area contributed by atoms with Crippen molar-refractivity contribution < 1.29 is 14.3 Å². The van der Waals surface area contributed by atoms with Crippen LogP contribution >= 0.6 is 11.8 Å². The number of amidine groups is 1. The van der Waals surface area contributed by atoms with E-state index in [-0.39, 0.29) is 17.9 Å². The molecular weight excluding hydrogens is 556 g/mol. The van der Waals surface area contributed by atoms with Crippen molar-refractivity contribution in [3.8, 4) is 5.75 Å². The van der Waals surface area contributed by atoms with Gasteiger partial charge in [-0.2, -0.15) is 0 Å². The van der Waals surface area contributed by atoms with Gasteiger partial charge in [0.05, 0.1) is 30.1 Å². The van der Waals surface area contributed by atoms with E-state index in [1.54, 1.807) is 18.9 Å². The molecule has 0 radical (unpaired) electrons. The predicted molar refractivity (Wildman–Crippen MR) is 177 cm³/mol. The summed E-state index contributed by atoms with van der Waals surface area (Å²) < 4.78 is 5.47. The molecule has 2 aliphatic rings. The van der Waals surface area contributed by atoms with Gasteiger partial charge in [-0.1, -0.05) is 74.3 Å². The van der Waals surface area contributed by atoms with E-state index >= 15 is 0 Å². The molecule has 2 aliphatic heterocycles. The topological polar surface area (TPSA) is 83.0 Å². The minimum atomic E-state index is -0.348. The first-order chi connectivity index (χ1) is 21.0. The van der Waals surface area contributed by atoms with Gasteiger partial charge in [-0.25, -0.2) is 4.99 Å². The van der Waals surface area contributed by atoms with Crippen molar-refractivity contribution in [3.63, 3.8) is 0 Å². The quantitative estimate of drug-likeness (QED) is 0.221. The van der Waals surface area contributed by atoms with Gasteiger partial charge in [0.15, 0.2) is 5.17 Å². The number of hydrogen-bond donors (Lipinski definition) is 2. The van der Waals surface area contributed by atoms with Crippen LogP contribution in [0.25, 0.3) is 0 Å². The molecule has 0 aliphatic carbocycles. The Balaban J connectivity index is 1.38. The number of allylic oxidation sites excluding steroid dienone is 1. The molecule has 2 amide bonds. The lowest BCUT2D eigenvalue weighted by Gasteiger charge is -2.41. The number of anilines is 2. The number of hydrogen-bond acceptors (Lipinski definition) is 6. The summed E-state index contributed by atoms with van der Waals surface area (Å²) in [6.07, 6.45) is 6.91. The minimum absolute atomic E-state index is 0.157. The summed E-state index contributed by atoms with van der Waals surface area (Å²) in [5.74, 6) is 1.20. The van der Waals surface area contributed by atoms with Gasteiger partial charge in [-0.15, -0.1) is 0 Å². The average molecular weight is 597 g/mol. The molecule has 1 fully saturated rings. The Morgan fingerprint density at radius 3 is 2.58 bits per heavy atom. The highest BCUT2D eigenvalue weighted by Gasteiger charge is 2.37. The highest BCUT2D eigenvalue weighted by Crippen LogP contribution is 2.40. The minimum Gasteiger partial charge on any atom is -0.495 e. The van der Waals surface area contributed by atoms with Crippen molar-refractivity contribution >= 4 is 40.1 Å². The van der Waals surface area contributed by atoms with Crippen LogP contribution in [0.1, 0.15) is 73.5 Å². The number of benzene rings is 3. The lowest BCUT2D eigenvalue weighted by Crippen LogP contribution is -2.43. The molecular formula is C35H40N4O3S. The highest BCUT2D eigenvalue weighted by atomic mass is 32.2. The number of nitrogens with zero attached hydrogens (tertiary/aromatic N) is 2. The molecule has 5 rings (SSSR count). The number of carbonyl (C=O) groups excluding carboxylic acids is 2. The summed E-state index contributed by atoms with van der Waals surface area (Å²) in [6.45, 7) is 4.90. The number of carbonyl (C=O) groups is 2. The van der Waals surface area contributed by atoms with E-state index < -0.39 is 0 Å². The number of nitrogens with one attached hydrogen (secondary N) is 2. The molecule has 0 bridgehead atoms. The molecule has 1 saturated heterocycles. The van der Waals surface area contributed by atoms with Crippen molar-refractivity contribution in [3.05, 3.63) is 101 Å². The summed E-state index contributed by atoms with van der Waals surface area (Å²) in [6, 6.07) is 22.7. The molecule has 2 heterocycles. The highest BCUT2D eigenvalue weighted by molar-refractivity contribution is 8.13. The van der Waals surface area contributed by atoms with E-state index in [1.165, 1.54) is 31.2 Å². The van der Waals surface area contributed by atoms with E-state index in [0.29, 0.717) is 34.0 Å². The zero-order chi connectivity index (χ0) is 30.2. The van der Waals surface area contributed by atoms with Crippen LogP contribution in [-0.4, -0.2) is 41.3 Å². The first-order valence-corrected chi connectivity index (χ1v) is 16.1. The molecule has 3 aromatic carbocycles.